The Morgan fingerprint density at radius 1 is 0.698 bits per heavy atom. The van der Waals surface area contributed by atoms with E-state index in [1.54, 1.807) is 0 Å². The fraction of sp³-hybridized carbons (Fsp3) is 0.388. The Kier molecular flexibility index (Phi) is 7.38. The summed E-state index contributed by atoms with van der Waals surface area (Å²) in [7, 11) is 0. The summed E-state index contributed by atoms with van der Waals surface area (Å²) in [4.78, 5) is 5.13. The zero-order valence-corrected chi connectivity index (χ0v) is 30.8. The summed E-state index contributed by atoms with van der Waals surface area (Å²) in [6.07, 6.45) is 17.6. The molecule has 2 saturated carbocycles. The van der Waals surface area contributed by atoms with Crippen LogP contribution in [-0.4, -0.2) is 31.3 Å². The van der Waals surface area contributed by atoms with Gasteiger partial charge in [0.1, 0.15) is 5.75 Å². The van der Waals surface area contributed by atoms with Crippen LogP contribution in [0.15, 0.2) is 97.1 Å². The molecule has 3 aliphatic heterocycles. The number of ether oxygens (including phenoxy) is 1. The number of rotatable bonds is 5. The standard InChI is InChI=1S/C49H50N2O2/c52-32-34-13-20-41-44(29-34)48(31-33-12-14-37(48)28-33)46-42-22-23-49(35-10-4-1-5-11-35,36-15-17-38(18-16-36)50-24-6-2-7-25-50)53-47(42)43-30-39(19-21-40(43)45(41)46)51-26-8-3-9-27-51/h1,4-5,10-11,13,15-23,29-30,33,37,52H,2-3,6-9,12,14,24-28,31-32H2. The lowest BCUT2D eigenvalue weighted by Crippen LogP contribution is -2.37. The molecule has 268 valence electrons. The van der Waals surface area contributed by atoms with Crippen LogP contribution in [0, 0.1) is 11.8 Å². The molecule has 2 saturated heterocycles. The van der Waals surface area contributed by atoms with E-state index in [4.69, 9.17) is 4.74 Å². The first-order valence-corrected chi connectivity index (χ1v) is 20.6. The van der Waals surface area contributed by atoms with Crippen LogP contribution < -0.4 is 14.5 Å². The predicted octanol–water partition coefficient (Wildman–Crippen LogP) is 10.7. The zero-order chi connectivity index (χ0) is 35.1. The number of aliphatic hydroxyl groups excluding tert-OH is 1. The maximum absolute atomic E-state index is 10.4. The largest absolute Gasteiger partial charge is 0.472 e. The van der Waals surface area contributed by atoms with Crippen molar-refractivity contribution in [3.8, 4) is 16.9 Å². The number of anilines is 2. The van der Waals surface area contributed by atoms with Gasteiger partial charge in [0.2, 0.25) is 0 Å². The Morgan fingerprint density at radius 3 is 2.11 bits per heavy atom. The summed E-state index contributed by atoms with van der Waals surface area (Å²) < 4.78 is 7.83. The summed E-state index contributed by atoms with van der Waals surface area (Å²) in [5.41, 5.74) is 12.1. The van der Waals surface area contributed by atoms with Crippen LogP contribution in [0.3, 0.4) is 0 Å². The lowest BCUT2D eigenvalue weighted by Gasteiger charge is -2.41. The van der Waals surface area contributed by atoms with Gasteiger partial charge < -0.3 is 19.6 Å². The van der Waals surface area contributed by atoms with Crippen LogP contribution in [0.4, 0.5) is 11.4 Å². The van der Waals surface area contributed by atoms with Gasteiger partial charge in [0, 0.05) is 65.0 Å². The SMILES string of the molecule is OCc1ccc2c(c1)C1(CC3CCC1C3)c1c3c(c4cc(N5CCCCC5)ccc4c1-2)OC(c1ccccc1)(c1ccc(N2CCCCC2)cc1)C=C3. The van der Waals surface area contributed by atoms with Gasteiger partial charge in [0.25, 0.3) is 0 Å². The number of benzene rings is 5. The molecule has 0 radical (unpaired) electrons. The predicted molar refractivity (Wildman–Crippen MR) is 217 cm³/mol. The molecule has 1 spiro atoms. The summed E-state index contributed by atoms with van der Waals surface area (Å²) >= 11 is 0. The van der Waals surface area contributed by atoms with Crippen molar-refractivity contribution in [3.63, 3.8) is 0 Å². The number of piperidine rings is 2. The monoisotopic (exact) mass is 698 g/mol. The second kappa shape index (κ2) is 12.2. The highest BCUT2D eigenvalue weighted by atomic mass is 16.5. The Labute approximate surface area is 314 Å². The highest BCUT2D eigenvalue weighted by Gasteiger charge is 2.58. The molecule has 0 aromatic heterocycles. The van der Waals surface area contributed by atoms with Gasteiger partial charge in [-0.25, -0.2) is 0 Å². The van der Waals surface area contributed by atoms with Crippen LogP contribution in [0.25, 0.3) is 28.0 Å². The van der Waals surface area contributed by atoms with E-state index in [0.29, 0.717) is 5.92 Å². The first kappa shape index (κ1) is 31.9. The molecule has 3 heterocycles. The van der Waals surface area contributed by atoms with Gasteiger partial charge in [0.15, 0.2) is 5.60 Å². The Morgan fingerprint density at radius 2 is 1.42 bits per heavy atom. The van der Waals surface area contributed by atoms with Gasteiger partial charge in [-0.1, -0.05) is 79.2 Å². The third kappa shape index (κ3) is 4.70. The van der Waals surface area contributed by atoms with Crippen LogP contribution in [0.2, 0.25) is 0 Å². The molecular weight excluding hydrogens is 649 g/mol. The van der Waals surface area contributed by atoms with Crippen molar-refractivity contribution in [1.82, 2.24) is 0 Å². The molecule has 4 nitrogen and oxygen atoms in total. The molecule has 4 fully saturated rings. The van der Waals surface area contributed by atoms with Crippen LogP contribution in [0.1, 0.15) is 97.6 Å². The molecular formula is C49H50N2O2. The Hall–Kier alpha value is -4.54. The average molecular weight is 699 g/mol. The third-order valence-corrected chi connectivity index (χ3v) is 14.3. The molecule has 2 bridgehead atoms. The normalized spacial score (nSPS) is 26.9. The summed E-state index contributed by atoms with van der Waals surface area (Å²) in [6, 6.07) is 34.3. The molecule has 5 aromatic carbocycles. The first-order valence-electron chi connectivity index (χ1n) is 20.6. The van der Waals surface area contributed by atoms with Crippen molar-refractivity contribution in [2.24, 2.45) is 11.8 Å². The van der Waals surface area contributed by atoms with Gasteiger partial charge in [-0.3, -0.25) is 0 Å². The van der Waals surface area contributed by atoms with Gasteiger partial charge >= 0.3 is 0 Å². The van der Waals surface area contributed by atoms with E-state index in [9.17, 15) is 5.11 Å². The molecule has 0 amide bonds. The van der Waals surface area contributed by atoms with Crippen molar-refractivity contribution < 1.29 is 9.84 Å². The minimum atomic E-state index is -0.770. The lowest BCUT2D eigenvalue weighted by atomic mass is 9.65. The third-order valence-electron chi connectivity index (χ3n) is 14.3. The topological polar surface area (TPSA) is 35.9 Å². The summed E-state index contributed by atoms with van der Waals surface area (Å²) in [5.74, 6) is 2.38. The summed E-state index contributed by atoms with van der Waals surface area (Å²) in [5, 5.41) is 12.9. The molecule has 4 atom stereocenters. The number of hydrogen-bond donors (Lipinski definition) is 1. The number of fused-ring (bicyclic) bond motifs is 13. The van der Waals surface area contributed by atoms with Gasteiger partial charge in [-0.15, -0.1) is 0 Å². The second-order valence-electron chi connectivity index (χ2n) is 17.0. The van der Waals surface area contributed by atoms with Crippen molar-refractivity contribution >= 4 is 28.2 Å². The minimum absolute atomic E-state index is 0.0564. The van der Waals surface area contributed by atoms with Gasteiger partial charge in [-0.2, -0.15) is 0 Å². The Bertz CT molecular complexity index is 2250. The molecule has 5 aromatic rings. The zero-order valence-electron chi connectivity index (χ0n) is 30.8. The van der Waals surface area contributed by atoms with Gasteiger partial charge in [-0.05, 0) is 133 Å². The molecule has 1 N–H and O–H groups in total. The van der Waals surface area contributed by atoms with Crippen molar-refractivity contribution in [3.05, 3.63) is 130 Å². The minimum Gasteiger partial charge on any atom is -0.472 e. The lowest BCUT2D eigenvalue weighted by molar-refractivity contribution is 0.163. The average Bonchev–Trinajstić information content (AvgIpc) is 3.94. The van der Waals surface area contributed by atoms with Crippen molar-refractivity contribution in [2.45, 2.75) is 81.8 Å². The summed E-state index contributed by atoms with van der Waals surface area (Å²) in [6.45, 7) is 4.56. The van der Waals surface area contributed by atoms with E-state index in [1.165, 1.54) is 114 Å². The van der Waals surface area contributed by atoms with Crippen molar-refractivity contribution in [1.29, 1.82) is 0 Å². The van der Waals surface area contributed by atoms with Crippen LogP contribution in [0.5, 0.6) is 5.75 Å². The van der Waals surface area contributed by atoms with E-state index in [-0.39, 0.29) is 12.0 Å². The van der Waals surface area contributed by atoms with E-state index in [1.807, 2.05) is 0 Å². The van der Waals surface area contributed by atoms with E-state index in [0.717, 1.165) is 54.5 Å². The number of aliphatic hydroxyl groups is 1. The molecule has 3 aliphatic carbocycles. The fourth-order valence-electron chi connectivity index (χ4n) is 11.8. The highest BCUT2D eigenvalue weighted by molar-refractivity contribution is 6.09. The highest BCUT2D eigenvalue weighted by Crippen LogP contribution is 2.69. The maximum Gasteiger partial charge on any atom is 0.178 e. The van der Waals surface area contributed by atoms with E-state index in [2.05, 4.69) is 113 Å². The number of hydrogen-bond acceptors (Lipinski definition) is 4. The fourth-order valence-corrected chi connectivity index (χ4v) is 11.8. The van der Waals surface area contributed by atoms with E-state index >= 15 is 0 Å². The van der Waals surface area contributed by atoms with Crippen LogP contribution >= 0.6 is 0 Å². The van der Waals surface area contributed by atoms with Crippen LogP contribution in [-0.2, 0) is 17.6 Å². The molecule has 11 rings (SSSR count). The maximum atomic E-state index is 10.4. The number of nitrogens with zero attached hydrogens (tertiary/aromatic N) is 2. The van der Waals surface area contributed by atoms with E-state index < -0.39 is 5.60 Å². The molecule has 53 heavy (non-hydrogen) atoms. The quantitative estimate of drug-likeness (QED) is 0.198. The Balaban J connectivity index is 1.16. The first-order chi connectivity index (χ1) is 26.2. The smallest absolute Gasteiger partial charge is 0.178 e. The van der Waals surface area contributed by atoms with Gasteiger partial charge in [0.05, 0.1) is 6.61 Å². The van der Waals surface area contributed by atoms with Crippen molar-refractivity contribution in [2.75, 3.05) is 36.0 Å². The molecule has 6 aliphatic rings. The molecule has 4 heteroatoms. The molecule has 4 unspecified atom stereocenters. The second-order valence-corrected chi connectivity index (χ2v) is 17.0.